The largest absolute Gasteiger partial charge is 0.432 e. The van der Waals surface area contributed by atoms with E-state index in [1.54, 1.807) is 0 Å². The van der Waals surface area contributed by atoms with Crippen LogP contribution in [0.2, 0.25) is 0 Å². The highest BCUT2D eigenvalue weighted by molar-refractivity contribution is 5.80. The van der Waals surface area contributed by atoms with Gasteiger partial charge in [0.05, 0.1) is 45.2 Å². The van der Waals surface area contributed by atoms with Crippen LogP contribution >= 0.6 is 0 Å². The van der Waals surface area contributed by atoms with Crippen LogP contribution in [0, 0.1) is 50.2 Å². The maximum absolute atomic E-state index is 14.9. The van der Waals surface area contributed by atoms with E-state index in [0.29, 0.717) is 44.9 Å². The molecule has 5 aliphatic heterocycles. The zero-order chi connectivity index (χ0) is 65.2. The standard InChI is InChI=1S/C60H98O29/c1-55(2)14-15-60(54(79)89-51-44(77)41(74)36(69)27(20-63)82-51)24(16-55)23-8-9-31-57(5)12-11-33(56(3,4)30(57)10-13-58(31,6)59(23,7)17-32(60)66)85-53-48(88-50-43(76)40(73)35(68)26(19-62)81-50)47(38(71)29(22-65)84-53)87-52-45(78)46(37(70)28(21-64)83-52)86-49-42(75)39(72)34(67)25(18-61)80-49/h8,24-53,61-78H,9-22H2,1-7H3. The predicted molar refractivity (Wildman–Crippen MR) is 297 cm³/mol. The van der Waals surface area contributed by atoms with Crippen LogP contribution in [0.15, 0.2) is 11.6 Å². The van der Waals surface area contributed by atoms with Crippen molar-refractivity contribution in [1.29, 1.82) is 0 Å². The molecule has 512 valence electrons. The third kappa shape index (κ3) is 11.6. The Bertz CT molecular complexity index is 2470. The number of ether oxygens (including phenoxy) is 10. The van der Waals surface area contributed by atoms with E-state index in [2.05, 4.69) is 54.5 Å². The number of hydrogen-bond donors (Lipinski definition) is 18. The van der Waals surface area contributed by atoms with Gasteiger partial charge >= 0.3 is 5.97 Å². The average Bonchev–Trinajstić information content (AvgIpc) is 0.679. The van der Waals surface area contributed by atoms with Gasteiger partial charge in [-0.3, -0.25) is 4.79 Å². The lowest BCUT2D eigenvalue weighted by atomic mass is 9.33. The Morgan fingerprint density at radius 3 is 1.44 bits per heavy atom. The van der Waals surface area contributed by atoms with Crippen LogP contribution in [0.5, 0.6) is 0 Å². The summed E-state index contributed by atoms with van der Waals surface area (Å²) in [6.07, 6.45) is -40.6. The van der Waals surface area contributed by atoms with Crippen molar-refractivity contribution >= 4 is 5.97 Å². The number of esters is 1. The quantitative estimate of drug-likeness (QED) is 0.0414. The lowest BCUT2D eigenvalue weighted by Gasteiger charge is -2.72. The molecule has 10 rings (SSSR count). The van der Waals surface area contributed by atoms with Crippen LogP contribution in [0.1, 0.15) is 106 Å². The first-order valence-corrected chi connectivity index (χ1v) is 31.5. The Hall–Kier alpha value is -1.87. The molecule has 0 aromatic carbocycles. The summed E-state index contributed by atoms with van der Waals surface area (Å²) in [7, 11) is 0. The van der Waals surface area contributed by atoms with Crippen molar-refractivity contribution in [3.05, 3.63) is 11.6 Å². The number of hydrogen-bond acceptors (Lipinski definition) is 29. The minimum absolute atomic E-state index is 0.00307. The minimum Gasteiger partial charge on any atom is -0.432 e. The molecule has 5 heterocycles. The molecule has 0 spiro atoms. The molecule has 0 aromatic rings. The van der Waals surface area contributed by atoms with Gasteiger partial charge in [0.2, 0.25) is 6.29 Å². The Balaban J connectivity index is 0.937. The van der Waals surface area contributed by atoms with E-state index >= 15 is 0 Å². The normalized spacial score (nSPS) is 53.9. The molecule has 0 bridgehead atoms. The van der Waals surface area contributed by atoms with Gasteiger partial charge in [-0.05, 0) is 103 Å². The molecule has 0 amide bonds. The van der Waals surface area contributed by atoms with E-state index in [1.807, 2.05) is 0 Å². The fourth-order valence-electron chi connectivity index (χ4n) is 18.1. The number of carbonyl (C=O) groups excluding carboxylic acids is 1. The molecule has 29 nitrogen and oxygen atoms in total. The molecule has 34 atom stereocenters. The highest BCUT2D eigenvalue weighted by atomic mass is 16.8. The smallest absolute Gasteiger partial charge is 0.317 e. The Labute approximate surface area is 515 Å². The van der Waals surface area contributed by atoms with Crippen LogP contribution in [0.4, 0.5) is 0 Å². The fraction of sp³-hybridized carbons (Fsp3) is 0.950. The summed E-state index contributed by atoms with van der Waals surface area (Å²) in [5.74, 6) is -1.40. The van der Waals surface area contributed by atoms with E-state index < -0.39 is 238 Å². The maximum atomic E-state index is 14.9. The topological polar surface area (TPSA) is 474 Å². The molecular weight excluding hydrogens is 1180 g/mol. The van der Waals surface area contributed by atoms with Crippen molar-refractivity contribution < 1.29 is 144 Å². The van der Waals surface area contributed by atoms with Crippen LogP contribution < -0.4 is 0 Å². The number of fused-ring (bicyclic) bond motifs is 7. The van der Waals surface area contributed by atoms with Gasteiger partial charge in [0, 0.05) is 0 Å². The molecule has 89 heavy (non-hydrogen) atoms. The van der Waals surface area contributed by atoms with Crippen LogP contribution in [0.3, 0.4) is 0 Å². The van der Waals surface area contributed by atoms with Crippen LogP contribution in [-0.4, -0.2) is 297 Å². The summed E-state index contributed by atoms with van der Waals surface area (Å²) in [5.41, 5.74) is -2.99. The number of carbonyl (C=O) groups is 1. The van der Waals surface area contributed by atoms with Gasteiger partial charge in [-0.2, -0.15) is 0 Å². The Morgan fingerprint density at radius 1 is 0.461 bits per heavy atom. The first kappa shape index (κ1) is 69.9. The molecular formula is C60H98O29. The van der Waals surface area contributed by atoms with E-state index in [4.69, 9.17) is 47.4 Å². The molecule has 34 unspecified atom stereocenters. The van der Waals surface area contributed by atoms with Gasteiger partial charge in [0.1, 0.15) is 127 Å². The highest BCUT2D eigenvalue weighted by Crippen LogP contribution is 2.76. The van der Waals surface area contributed by atoms with Gasteiger partial charge in [-0.25, -0.2) is 0 Å². The second-order valence-corrected chi connectivity index (χ2v) is 29.2. The molecule has 5 aliphatic carbocycles. The van der Waals surface area contributed by atoms with Crippen LogP contribution in [0.25, 0.3) is 0 Å². The summed E-state index contributed by atoms with van der Waals surface area (Å²) in [4.78, 5) is 14.9. The van der Waals surface area contributed by atoms with E-state index in [9.17, 15) is 96.7 Å². The van der Waals surface area contributed by atoms with Gasteiger partial charge < -0.3 is 139 Å². The molecule has 0 aromatic heterocycles. The summed E-state index contributed by atoms with van der Waals surface area (Å²) in [5, 5.41) is 196. The SMILES string of the molecule is CC1(C)CCC2(C(=O)OC3OC(CO)C(O)C(O)C3O)C(O)CC3(C)C(=CCC4C5(C)CCC(OC6OC(CO)C(O)C(OC7OC(CO)C(O)C(OC8OC(CO)C(O)C(O)C8O)C7O)C6OC6OC(CO)C(O)C(O)C6O)C(C)(C)C5CCC43C)C2C1. The van der Waals surface area contributed by atoms with Crippen molar-refractivity contribution in [2.75, 3.05) is 33.0 Å². The predicted octanol–water partition coefficient (Wildman–Crippen LogP) is -5.24. The second-order valence-electron chi connectivity index (χ2n) is 29.2. The third-order valence-corrected chi connectivity index (χ3v) is 23.6. The highest BCUT2D eigenvalue weighted by Gasteiger charge is 2.72. The lowest BCUT2D eigenvalue weighted by molar-refractivity contribution is -0.405. The summed E-state index contributed by atoms with van der Waals surface area (Å²) < 4.78 is 60.7. The Kier molecular flexibility index (Phi) is 20.4. The van der Waals surface area contributed by atoms with Gasteiger partial charge in [0.15, 0.2) is 25.2 Å². The molecule has 0 radical (unpaired) electrons. The molecule has 29 heteroatoms. The first-order chi connectivity index (χ1) is 41.7. The molecule has 9 fully saturated rings. The van der Waals surface area contributed by atoms with E-state index in [1.165, 1.54) is 0 Å². The van der Waals surface area contributed by atoms with Crippen molar-refractivity contribution in [2.24, 2.45) is 50.2 Å². The van der Waals surface area contributed by atoms with Gasteiger partial charge in [-0.15, -0.1) is 0 Å². The lowest BCUT2D eigenvalue weighted by Crippen LogP contribution is -2.69. The minimum atomic E-state index is -2.13. The zero-order valence-electron chi connectivity index (χ0n) is 51.3. The van der Waals surface area contributed by atoms with E-state index in [0.717, 1.165) is 5.57 Å². The fourth-order valence-corrected chi connectivity index (χ4v) is 18.1. The number of aliphatic hydroxyl groups is 18. The summed E-state index contributed by atoms with van der Waals surface area (Å²) in [6.45, 7) is 10.8. The number of allylic oxidation sites excluding steroid dienone is 2. The molecule has 5 saturated heterocycles. The maximum Gasteiger partial charge on any atom is 0.317 e. The summed E-state index contributed by atoms with van der Waals surface area (Å²) >= 11 is 0. The van der Waals surface area contributed by atoms with Crippen molar-refractivity contribution in [1.82, 2.24) is 0 Å². The van der Waals surface area contributed by atoms with Crippen molar-refractivity contribution in [2.45, 2.75) is 272 Å². The molecule has 4 saturated carbocycles. The Morgan fingerprint density at radius 2 is 0.910 bits per heavy atom. The van der Waals surface area contributed by atoms with Gasteiger partial charge in [-0.1, -0.05) is 60.1 Å². The van der Waals surface area contributed by atoms with Crippen molar-refractivity contribution in [3.8, 4) is 0 Å². The zero-order valence-corrected chi connectivity index (χ0v) is 51.3. The average molecular weight is 1280 g/mol. The second kappa shape index (κ2) is 25.9. The van der Waals surface area contributed by atoms with Gasteiger partial charge in [0.25, 0.3) is 0 Å². The first-order valence-electron chi connectivity index (χ1n) is 31.5. The third-order valence-electron chi connectivity index (χ3n) is 23.6. The monoisotopic (exact) mass is 1280 g/mol. The number of rotatable bonds is 15. The summed E-state index contributed by atoms with van der Waals surface area (Å²) in [6, 6.07) is 0. The van der Waals surface area contributed by atoms with E-state index in [-0.39, 0.29) is 30.1 Å². The van der Waals surface area contributed by atoms with Crippen LogP contribution in [-0.2, 0) is 52.2 Å². The molecule has 18 N–H and O–H groups in total. The molecule has 10 aliphatic rings. The van der Waals surface area contributed by atoms with Crippen molar-refractivity contribution in [3.63, 3.8) is 0 Å². The number of aliphatic hydroxyl groups excluding tert-OH is 18.